The second kappa shape index (κ2) is 5.85. The fourth-order valence-corrected chi connectivity index (χ4v) is 2.76. The van der Waals surface area contributed by atoms with Crippen LogP contribution >= 0.6 is 15.9 Å². The molecular weight excluding hydrogens is 337 g/mol. The molecule has 0 aliphatic carbocycles. The fourth-order valence-electron chi connectivity index (χ4n) is 2.35. The summed E-state index contributed by atoms with van der Waals surface area (Å²) in [4.78, 5) is 14.4. The molecule has 1 heterocycles. The van der Waals surface area contributed by atoms with Crippen LogP contribution in [-0.2, 0) is 0 Å². The monoisotopic (exact) mass is 349 g/mol. The molecule has 0 fully saturated rings. The minimum Gasteiger partial charge on any atom is -0.491 e. The number of carbonyl (C=O) groups is 1. The molecule has 0 saturated carbocycles. The Morgan fingerprint density at radius 1 is 1.24 bits per heavy atom. The number of halogens is 2. The Hall–Kier alpha value is -1.88. The van der Waals surface area contributed by atoms with Gasteiger partial charge in [-0.1, -0.05) is 12.1 Å². The van der Waals surface area contributed by atoms with Crippen molar-refractivity contribution in [2.75, 3.05) is 18.1 Å². The van der Waals surface area contributed by atoms with Gasteiger partial charge >= 0.3 is 0 Å². The van der Waals surface area contributed by atoms with E-state index in [0.29, 0.717) is 28.9 Å². The highest BCUT2D eigenvalue weighted by Crippen LogP contribution is 2.32. The third-order valence-corrected chi connectivity index (χ3v) is 4.04. The first-order valence-electron chi connectivity index (χ1n) is 6.65. The first-order chi connectivity index (χ1) is 10.2. The second-order valence-electron chi connectivity index (χ2n) is 4.75. The van der Waals surface area contributed by atoms with Crippen LogP contribution in [0.25, 0.3) is 0 Å². The Morgan fingerprint density at radius 2 is 2.05 bits per heavy atom. The van der Waals surface area contributed by atoms with E-state index in [4.69, 9.17) is 4.74 Å². The molecule has 0 unspecified atom stereocenters. The van der Waals surface area contributed by atoms with Gasteiger partial charge < -0.3 is 9.64 Å². The van der Waals surface area contributed by atoms with Crippen molar-refractivity contribution in [2.45, 2.75) is 6.42 Å². The number of ether oxygens (including phenoxy) is 1. The SMILES string of the molecule is O=C(c1cc(F)ccc1Br)N1CCCOc2ccccc21. The Morgan fingerprint density at radius 3 is 2.90 bits per heavy atom. The second-order valence-corrected chi connectivity index (χ2v) is 5.61. The molecule has 0 N–H and O–H groups in total. The number of hydrogen-bond donors (Lipinski definition) is 0. The molecule has 3 rings (SSSR count). The molecule has 21 heavy (non-hydrogen) atoms. The van der Waals surface area contributed by atoms with Crippen molar-refractivity contribution in [1.29, 1.82) is 0 Å². The van der Waals surface area contributed by atoms with E-state index in [1.54, 1.807) is 11.0 Å². The summed E-state index contributed by atoms with van der Waals surface area (Å²) < 4.78 is 19.7. The van der Waals surface area contributed by atoms with E-state index < -0.39 is 5.82 Å². The van der Waals surface area contributed by atoms with E-state index >= 15 is 0 Å². The summed E-state index contributed by atoms with van der Waals surface area (Å²) in [5.41, 5.74) is 1.03. The fraction of sp³-hybridized carbons (Fsp3) is 0.188. The molecule has 5 heteroatoms. The number of nitrogens with zero attached hydrogens (tertiary/aromatic N) is 1. The number of benzene rings is 2. The lowest BCUT2D eigenvalue weighted by atomic mass is 10.1. The molecule has 3 nitrogen and oxygen atoms in total. The van der Waals surface area contributed by atoms with E-state index in [9.17, 15) is 9.18 Å². The zero-order chi connectivity index (χ0) is 14.8. The molecule has 108 valence electrons. The lowest BCUT2D eigenvalue weighted by molar-refractivity contribution is 0.0986. The Kier molecular flexibility index (Phi) is 3.92. The molecule has 0 radical (unpaired) electrons. The van der Waals surface area contributed by atoms with E-state index in [1.165, 1.54) is 12.1 Å². The highest BCUT2D eigenvalue weighted by Gasteiger charge is 2.24. The Labute approximate surface area is 130 Å². The van der Waals surface area contributed by atoms with Crippen molar-refractivity contribution < 1.29 is 13.9 Å². The van der Waals surface area contributed by atoms with E-state index in [2.05, 4.69) is 15.9 Å². The van der Waals surface area contributed by atoms with Gasteiger partial charge in [0.25, 0.3) is 5.91 Å². The standard InChI is InChI=1S/C16H13BrFNO2/c17-13-7-6-11(18)10-12(13)16(20)19-8-3-9-21-15-5-2-1-4-14(15)19/h1-2,4-7,10H,3,8-9H2. The van der Waals surface area contributed by atoms with Gasteiger partial charge in [-0.25, -0.2) is 4.39 Å². The molecule has 0 atom stereocenters. The molecular formula is C16H13BrFNO2. The normalized spacial score (nSPS) is 14.1. The topological polar surface area (TPSA) is 29.5 Å². The number of anilines is 1. The highest BCUT2D eigenvalue weighted by atomic mass is 79.9. The third-order valence-electron chi connectivity index (χ3n) is 3.34. The van der Waals surface area contributed by atoms with Crippen LogP contribution in [0, 0.1) is 5.82 Å². The number of carbonyl (C=O) groups excluding carboxylic acids is 1. The number of hydrogen-bond acceptors (Lipinski definition) is 2. The van der Waals surface area contributed by atoms with Crippen LogP contribution in [0.15, 0.2) is 46.9 Å². The van der Waals surface area contributed by atoms with Gasteiger partial charge in [0.1, 0.15) is 11.6 Å². The quantitative estimate of drug-likeness (QED) is 0.778. The Balaban J connectivity index is 2.03. The van der Waals surface area contributed by atoms with E-state index in [1.807, 2.05) is 24.3 Å². The van der Waals surface area contributed by atoms with Crippen LogP contribution in [0.3, 0.4) is 0 Å². The molecule has 0 bridgehead atoms. The molecule has 2 aromatic carbocycles. The summed E-state index contributed by atoms with van der Waals surface area (Å²) in [5.74, 6) is 0.0103. The van der Waals surface area contributed by atoms with E-state index in [0.717, 1.165) is 12.1 Å². The minimum absolute atomic E-state index is 0.237. The van der Waals surface area contributed by atoms with Gasteiger partial charge in [-0.15, -0.1) is 0 Å². The molecule has 2 aromatic rings. The Bertz CT molecular complexity index is 690. The lowest BCUT2D eigenvalue weighted by Gasteiger charge is -2.22. The highest BCUT2D eigenvalue weighted by molar-refractivity contribution is 9.10. The van der Waals surface area contributed by atoms with Crippen molar-refractivity contribution in [3.8, 4) is 5.75 Å². The maximum absolute atomic E-state index is 13.4. The minimum atomic E-state index is -0.430. The van der Waals surface area contributed by atoms with Gasteiger partial charge in [-0.3, -0.25) is 4.79 Å². The lowest BCUT2D eigenvalue weighted by Crippen LogP contribution is -2.31. The summed E-state index contributed by atoms with van der Waals surface area (Å²) >= 11 is 3.31. The van der Waals surface area contributed by atoms with Crippen LogP contribution in [-0.4, -0.2) is 19.1 Å². The van der Waals surface area contributed by atoms with Crippen LogP contribution < -0.4 is 9.64 Å². The maximum Gasteiger partial charge on any atom is 0.259 e. The summed E-state index contributed by atoms with van der Waals surface area (Å²) in [5, 5.41) is 0. The molecule has 1 aliphatic heterocycles. The number of para-hydroxylation sites is 2. The summed E-state index contributed by atoms with van der Waals surface area (Å²) in [7, 11) is 0. The van der Waals surface area contributed by atoms with Crippen molar-refractivity contribution in [3.63, 3.8) is 0 Å². The first-order valence-corrected chi connectivity index (χ1v) is 7.45. The predicted molar refractivity (Wildman–Crippen MR) is 82.3 cm³/mol. The van der Waals surface area contributed by atoms with Crippen LogP contribution in [0.1, 0.15) is 16.8 Å². The van der Waals surface area contributed by atoms with E-state index in [-0.39, 0.29) is 5.91 Å². The third kappa shape index (κ3) is 2.78. The molecule has 0 aromatic heterocycles. The van der Waals surface area contributed by atoms with Crippen LogP contribution in [0.4, 0.5) is 10.1 Å². The van der Waals surface area contributed by atoms with Crippen molar-refractivity contribution in [1.82, 2.24) is 0 Å². The average Bonchev–Trinajstić information content (AvgIpc) is 2.71. The van der Waals surface area contributed by atoms with Crippen molar-refractivity contribution in [3.05, 3.63) is 58.3 Å². The first kappa shape index (κ1) is 14.1. The summed E-state index contributed by atoms with van der Waals surface area (Å²) in [6.07, 6.45) is 0.730. The van der Waals surface area contributed by atoms with Gasteiger partial charge in [0, 0.05) is 11.0 Å². The number of amides is 1. The van der Waals surface area contributed by atoms with Crippen LogP contribution in [0.5, 0.6) is 5.75 Å². The van der Waals surface area contributed by atoms with Gasteiger partial charge in [0.2, 0.25) is 0 Å². The number of rotatable bonds is 1. The molecule has 0 spiro atoms. The number of fused-ring (bicyclic) bond motifs is 1. The zero-order valence-corrected chi connectivity index (χ0v) is 12.8. The largest absolute Gasteiger partial charge is 0.491 e. The summed E-state index contributed by atoms with van der Waals surface area (Å²) in [6.45, 7) is 1.10. The van der Waals surface area contributed by atoms with Gasteiger partial charge in [0.15, 0.2) is 0 Å². The smallest absolute Gasteiger partial charge is 0.259 e. The van der Waals surface area contributed by atoms with Gasteiger partial charge in [0.05, 0.1) is 17.9 Å². The van der Waals surface area contributed by atoms with Crippen LogP contribution in [0.2, 0.25) is 0 Å². The average molecular weight is 350 g/mol. The summed E-state index contributed by atoms with van der Waals surface area (Å²) in [6, 6.07) is 11.5. The predicted octanol–water partition coefficient (Wildman–Crippen LogP) is 4.02. The molecule has 1 aliphatic rings. The maximum atomic E-state index is 13.4. The molecule has 0 saturated heterocycles. The van der Waals surface area contributed by atoms with Crippen molar-refractivity contribution in [2.24, 2.45) is 0 Å². The molecule has 1 amide bonds. The van der Waals surface area contributed by atoms with Crippen molar-refractivity contribution >= 4 is 27.5 Å². The zero-order valence-electron chi connectivity index (χ0n) is 11.2. The van der Waals surface area contributed by atoms with Gasteiger partial charge in [-0.2, -0.15) is 0 Å². The van der Waals surface area contributed by atoms with Gasteiger partial charge in [-0.05, 0) is 52.7 Å².